The smallest absolute Gasteiger partial charge is 0.146 e. The van der Waals surface area contributed by atoms with Crippen LogP contribution >= 0.6 is 15.9 Å². The summed E-state index contributed by atoms with van der Waals surface area (Å²) in [5, 5.41) is 6.79. The van der Waals surface area contributed by atoms with Crippen LogP contribution in [0.25, 0.3) is 0 Å². The third-order valence-corrected chi connectivity index (χ3v) is 4.65. The van der Waals surface area contributed by atoms with Crippen molar-refractivity contribution in [2.75, 3.05) is 17.2 Å². The summed E-state index contributed by atoms with van der Waals surface area (Å²) in [4.78, 5) is 8.58. The molecule has 19 heavy (non-hydrogen) atoms. The van der Waals surface area contributed by atoms with Crippen LogP contribution in [0.2, 0.25) is 0 Å². The first-order valence-corrected chi connectivity index (χ1v) is 8.04. The lowest BCUT2D eigenvalue weighted by molar-refractivity contribution is 0.330. The zero-order valence-electron chi connectivity index (χ0n) is 11.7. The molecule has 1 heterocycles. The highest BCUT2D eigenvalue weighted by Gasteiger charge is 2.21. The highest BCUT2D eigenvalue weighted by Crippen LogP contribution is 2.31. The Kier molecular flexibility index (Phi) is 5.43. The van der Waals surface area contributed by atoms with E-state index in [1.54, 1.807) is 6.33 Å². The number of nitrogens with zero attached hydrogens (tertiary/aromatic N) is 2. The molecule has 0 spiro atoms. The van der Waals surface area contributed by atoms with E-state index < -0.39 is 0 Å². The quantitative estimate of drug-likeness (QED) is 0.856. The zero-order valence-corrected chi connectivity index (χ0v) is 13.3. The van der Waals surface area contributed by atoms with Crippen molar-refractivity contribution in [1.82, 2.24) is 9.97 Å². The lowest BCUT2D eigenvalue weighted by atomic mass is 9.84. The van der Waals surface area contributed by atoms with Gasteiger partial charge in [0.15, 0.2) is 0 Å². The lowest BCUT2D eigenvalue weighted by Crippen LogP contribution is -2.26. The van der Waals surface area contributed by atoms with E-state index in [0.29, 0.717) is 6.04 Å². The molecule has 0 atom stereocenters. The molecular formula is C14H23BrN4. The Morgan fingerprint density at radius 3 is 2.47 bits per heavy atom. The summed E-state index contributed by atoms with van der Waals surface area (Å²) in [6.45, 7) is 5.21. The Bertz CT molecular complexity index is 402. The number of nitrogens with one attached hydrogen (secondary N) is 2. The highest BCUT2D eigenvalue weighted by molar-refractivity contribution is 9.10. The highest BCUT2D eigenvalue weighted by atomic mass is 79.9. The average molecular weight is 327 g/mol. The Hall–Kier alpha value is -0.840. The lowest BCUT2D eigenvalue weighted by Gasteiger charge is -2.29. The Morgan fingerprint density at radius 2 is 1.84 bits per heavy atom. The Morgan fingerprint density at radius 1 is 1.16 bits per heavy atom. The first kappa shape index (κ1) is 14.6. The van der Waals surface area contributed by atoms with Crippen molar-refractivity contribution in [1.29, 1.82) is 0 Å². The molecule has 0 unspecified atom stereocenters. The second-order valence-electron chi connectivity index (χ2n) is 5.19. The molecule has 0 aliphatic heterocycles. The molecule has 1 aromatic heterocycles. The summed E-state index contributed by atoms with van der Waals surface area (Å²) in [5.41, 5.74) is 0. The number of anilines is 2. The molecule has 0 saturated heterocycles. The fourth-order valence-corrected chi connectivity index (χ4v) is 3.13. The van der Waals surface area contributed by atoms with Crippen LogP contribution in [-0.2, 0) is 0 Å². The number of hydrogen-bond donors (Lipinski definition) is 2. The molecule has 0 bridgehead atoms. The molecule has 106 valence electrons. The molecular weight excluding hydrogens is 304 g/mol. The van der Waals surface area contributed by atoms with Crippen LogP contribution in [0.15, 0.2) is 10.8 Å². The van der Waals surface area contributed by atoms with Crippen LogP contribution in [-0.4, -0.2) is 22.6 Å². The van der Waals surface area contributed by atoms with Gasteiger partial charge in [0, 0.05) is 12.6 Å². The van der Waals surface area contributed by atoms with E-state index in [0.717, 1.165) is 28.6 Å². The number of hydrogen-bond acceptors (Lipinski definition) is 4. The van der Waals surface area contributed by atoms with Gasteiger partial charge >= 0.3 is 0 Å². The van der Waals surface area contributed by atoms with Crippen LogP contribution in [0.4, 0.5) is 11.6 Å². The molecule has 1 saturated carbocycles. The predicted octanol–water partition coefficient (Wildman–Crippen LogP) is 4.05. The van der Waals surface area contributed by atoms with E-state index in [9.17, 15) is 0 Å². The van der Waals surface area contributed by atoms with Crippen molar-refractivity contribution < 1.29 is 0 Å². The average Bonchev–Trinajstić information content (AvgIpc) is 2.44. The second-order valence-corrected chi connectivity index (χ2v) is 5.98. The normalized spacial score (nSPS) is 23.1. The van der Waals surface area contributed by atoms with Crippen LogP contribution in [0.1, 0.15) is 46.0 Å². The van der Waals surface area contributed by atoms with E-state index in [-0.39, 0.29) is 0 Å². The van der Waals surface area contributed by atoms with Gasteiger partial charge in [0.2, 0.25) is 0 Å². The van der Waals surface area contributed by atoms with Gasteiger partial charge in [0.05, 0.1) is 0 Å². The van der Waals surface area contributed by atoms with Gasteiger partial charge in [-0.2, -0.15) is 0 Å². The van der Waals surface area contributed by atoms with Crippen LogP contribution in [0.3, 0.4) is 0 Å². The van der Waals surface area contributed by atoms with Gasteiger partial charge in [-0.25, -0.2) is 9.97 Å². The van der Waals surface area contributed by atoms with E-state index in [1.807, 2.05) is 0 Å². The van der Waals surface area contributed by atoms with E-state index >= 15 is 0 Å². The van der Waals surface area contributed by atoms with Crippen LogP contribution < -0.4 is 10.6 Å². The van der Waals surface area contributed by atoms with E-state index in [4.69, 9.17) is 0 Å². The first-order valence-electron chi connectivity index (χ1n) is 7.25. The van der Waals surface area contributed by atoms with Gasteiger partial charge in [-0.05, 0) is 54.5 Å². The minimum absolute atomic E-state index is 0.545. The molecule has 1 fully saturated rings. The third kappa shape index (κ3) is 3.81. The van der Waals surface area contributed by atoms with Crippen LogP contribution in [0, 0.1) is 5.92 Å². The van der Waals surface area contributed by atoms with E-state index in [1.165, 1.54) is 32.1 Å². The van der Waals surface area contributed by atoms with E-state index in [2.05, 4.69) is 50.4 Å². The van der Waals surface area contributed by atoms with Crippen molar-refractivity contribution in [3.63, 3.8) is 0 Å². The zero-order chi connectivity index (χ0) is 13.7. The summed E-state index contributed by atoms with van der Waals surface area (Å²) in [6, 6.07) is 0.545. The van der Waals surface area contributed by atoms with Crippen molar-refractivity contribution in [3.8, 4) is 0 Å². The minimum Gasteiger partial charge on any atom is -0.369 e. The van der Waals surface area contributed by atoms with Crippen LogP contribution in [0.5, 0.6) is 0 Å². The molecule has 5 heteroatoms. The Labute approximate surface area is 123 Å². The fraction of sp³-hybridized carbons (Fsp3) is 0.714. The van der Waals surface area contributed by atoms with Crippen molar-refractivity contribution in [2.24, 2.45) is 5.92 Å². The molecule has 1 aliphatic carbocycles. The summed E-state index contributed by atoms with van der Waals surface area (Å²) in [6.07, 6.45) is 8.07. The first-order chi connectivity index (χ1) is 9.24. The molecule has 4 nitrogen and oxygen atoms in total. The van der Waals surface area contributed by atoms with Gasteiger partial charge < -0.3 is 10.6 Å². The maximum absolute atomic E-state index is 4.35. The SMILES string of the molecule is CCNc1ncnc(NC2CCC(CC)CC2)c1Br. The van der Waals surface area contributed by atoms with Gasteiger partial charge in [-0.15, -0.1) is 0 Å². The van der Waals surface area contributed by atoms with Crippen molar-refractivity contribution in [3.05, 3.63) is 10.8 Å². The van der Waals surface area contributed by atoms with Gasteiger partial charge in [-0.3, -0.25) is 0 Å². The maximum Gasteiger partial charge on any atom is 0.146 e. The largest absolute Gasteiger partial charge is 0.369 e. The second kappa shape index (κ2) is 7.08. The molecule has 0 amide bonds. The summed E-state index contributed by atoms with van der Waals surface area (Å²) >= 11 is 3.58. The fourth-order valence-electron chi connectivity index (χ4n) is 2.67. The molecule has 2 rings (SSSR count). The molecule has 1 aromatic rings. The molecule has 0 radical (unpaired) electrons. The molecule has 0 aromatic carbocycles. The number of aromatic nitrogens is 2. The van der Waals surface area contributed by atoms with Crippen molar-refractivity contribution >= 4 is 27.6 Å². The monoisotopic (exact) mass is 326 g/mol. The minimum atomic E-state index is 0.545. The molecule has 2 N–H and O–H groups in total. The maximum atomic E-state index is 4.35. The Balaban J connectivity index is 1.98. The predicted molar refractivity (Wildman–Crippen MR) is 83.6 cm³/mol. The number of halogens is 1. The summed E-state index contributed by atoms with van der Waals surface area (Å²) in [7, 11) is 0. The summed E-state index contributed by atoms with van der Waals surface area (Å²) < 4.78 is 0.939. The number of rotatable bonds is 5. The standard InChI is InChI=1S/C14H23BrN4/c1-3-10-5-7-11(8-6-10)19-14-12(15)13(16-4-2)17-9-18-14/h9-11H,3-8H2,1-2H3,(H2,16,17,18,19). The van der Waals surface area contributed by atoms with Crippen molar-refractivity contribution in [2.45, 2.75) is 52.0 Å². The van der Waals surface area contributed by atoms with Gasteiger partial charge in [0.25, 0.3) is 0 Å². The van der Waals surface area contributed by atoms with Gasteiger partial charge in [0.1, 0.15) is 22.4 Å². The third-order valence-electron chi connectivity index (χ3n) is 3.90. The summed E-state index contributed by atoms with van der Waals surface area (Å²) in [5.74, 6) is 2.69. The topological polar surface area (TPSA) is 49.8 Å². The molecule has 1 aliphatic rings. The van der Waals surface area contributed by atoms with Gasteiger partial charge in [-0.1, -0.05) is 13.3 Å².